The summed E-state index contributed by atoms with van der Waals surface area (Å²) in [5, 5.41) is 11.0. The van der Waals surface area contributed by atoms with Crippen LogP contribution < -0.4 is 10.6 Å². The Morgan fingerprint density at radius 2 is 1.82 bits per heavy atom. The molecule has 3 N–H and O–H groups in total. The lowest BCUT2D eigenvalue weighted by atomic mass is 10.0. The highest BCUT2D eigenvalue weighted by atomic mass is 19.1. The fraction of sp³-hybridized carbons (Fsp3) is 0.208. The second-order valence-electron chi connectivity index (χ2n) is 8.28. The highest BCUT2D eigenvalue weighted by Crippen LogP contribution is 2.40. The van der Waals surface area contributed by atoms with Crippen molar-refractivity contribution in [3.8, 4) is 11.1 Å². The Bertz CT molecular complexity index is 1460. The predicted molar refractivity (Wildman–Crippen MR) is 120 cm³/mol. The molecule has 10 heteroatoms. The zero-order valence-corrected chi connectivity index (χ0v) is 18.3. The molecule has 0 aliphatic carbocycles. The Morgan fingerprint density at radius 3 is 2.53 bits per heavy atom. The Kier molecular flexibility index (Phi) is 5.05. The average Bonchev–Trinajstić information content (AvgIpc) is 3.34. The molecular weight excluding hydrogens is 447 g/mol. The van der Waals surface area contributed by atoms with Gasteiger partial charge in [0.1, 0.15) is 34.7 Å². The Balaban J connectivity index is 1.54. The van der Waals surface area contributed by atoms with Crippen molar-refractivity contribution in [1.29, 1.82) is 0 Å². The fourth-order valence-electron chi connectivity index (χ4n) is 4.52. The van der Waals surface area contributed by atoms with Gasteiger partial charge in [-0.1, -0.05) is 0 Å². The highest BCUT2D eigenvalue weighted by Gasteiger charge is 2.33. The molecule has 0 radical (unpaired) electrons. The molecule has 1 aliphatic heterocycles. The quantitative estimate of drug-likeness (QED) is 0.480. The van der Waals surface area contributed by atoms with E-state index in [2.05, 4.69) is 9.97 Å². The number of aliphatic hydroxyl groups is 1. The van der Waals surface area contributed by atoms with Crippen molar-refractivity contribution < 1.29 is 23.1 Å². The van der Waals surface area contributed by atoms with Crippen LogP contribution in [0.15, 0.2) is 36.5 Å². The predicted octanol–water partition coefficient (Wildman–Crippen LogP) is 3.57. The zero-order chi connectivity index (χ0) is 24.3. The van der Waals surface area contributed by atoms with Crippen LogP contribution in [0.4, 0.5) is 24.7 Å². The van der Waals surface area contributed by atoms with Gasteiger partial charge < -0.3 is 20.3 Å². The maximum atomic E-state index is 15.7. The minimum atomic E-state index is -1.79. The lowest BCUT2D eigenvalue weighted by Gasteiger charge is -2.21. The second kappa shape index (κ2) is 7.84. The van der Waals surface area contributed by atoms with Gasteiger partial charge >= 0.3 is 0 Å². The first kappa shape index (κ1) is 21.9. The van der Waals surface area contributed by atoms with Gasteiger partial charge in [-0.15, -0.1) is 0 Å². The lowest BCUT2D eigenvalue weighted by Crippen LogP contribution is -2.33. The van der Waals surface area contributed by atoms with Crippen molar-refractivity contribution in [3.63, 3.8) is 0 Å². The van der Waals surface area contributed by atoms with Crippen LogP contribution >= 0.6 is 0 Å². The number of benzene rings is 2. The van der Waals surface area contributed by atoms with Crippen molar-refractivity contribution in [2.24, 2.45) is 7.05 Å². The van der Waals surface area contributed by atoms with Gasteiger partial charge in [0, 0.05) is 48.2 Å². The van der Waals surface area contributed by atoms with Crippen LogP contribution in [-0.2, 0) is 18.3 Å². The lowest BCUT2D eigenvalue weighted by molar-refractivity contribution is -0.126. The molecular formula is C24H20F3N5O2. The van der Waals surface area contributed by atoms with Gasteiger partial charge in [-0.2, -0.15) is 0 Å². The number of amides is 1. The number of carbonyl (C=O) groups is 1. The third-order valence-electron chi connectivity index (χ3n) is 6.04. The summed E-state index contributed by atoms with van der Waals surface area (Å²) in [7, 11) is 1.78. The molecule has 2 aromatic carbocycles. The minimum Gasteiger partial charge on any atom is -0.383 e. The summed E-state index contributed by atoms with van der Waals surface area (Å²) in [6, 6.07) is 5.54. The zero-order valence-electron chi connectivity index (χ0n) is 18.3. The van der Waals surface area contributed by atoms with Gasteiger partial charge in [-0.05, 0) is 43.2 Å². The topological polar surface area (TPSA) is 97.3 Å². The summed E-state index contributed by atoms with van der Waals surface area (Å²) in [6.45, 7) is 1.83. The standard InChI is InChI=1S/C24H20F3N5O2/c1-11-29-22(28)19-17(10-31(2)23(19)30-11)15-3-4-18-16(20(15)27)5-6-32(18)24(34)21(33)12-7-13(25)9-14(26)8-12/h3-4,7-10,21,33H,5-6H2,1-2H3,(H2,28,29,30)/t21-/m0/s1. The van der Waals surface area contributed by atoms with E-state index in [4.69, 9.17) is 5.73 Å². The third-order valence-corrected chi connectivity index (χ3v) is 6.04. The van der Waals surface area contributed by atoms with Gasteiger partial charge in [0.15, 0.2) is 6.10 Å². The van der Waals surface area contributed by atoms with E-state index in [1.807, 2.05) is 0 Å². The number of anilines is 2. The van der Waals surface area contributed by atoms with Crippen LogP contribution in [0.5, 0.6) is 0 Å². The molecule has 5 rings (SSSR count). The van der Waals surface area contributed by atoms with E-state index >= 15 is 4.39 Å². The van der Waals surface area contributed by atoms with Gasteiger partial charge in [0.25, 0.3) is 5.91 Å². The van der Waals surface area contributed by atoms with Crippen molar-refractivity contribution in [2.45, 2.75) is 19.4 Å². The maximum Gasteiger partial charge on any atom is 0.260 e. The number of carbonyl (C=O) groups excluding carboxylic acids is 1. The van der Waals surface area contributed by atoms with E-state index in [0.29, 0.717) is 39.7 Å². The number of rotatable bonds is 3. The molecule has 0 bridgehead atoms. The molecule has 7 nitrogen and oxygen atoms in total. The van der Waals surface area contributed by atoms with Gasteiger partial charge in [-0.25, -0.2) is 23.1 Å². The van der Waals surface area contributed by atoms with E-state index in [0.717, 1.165) is 12.1 Å². The maximum absolute atomic E-state index is 15.7. The number of nitrogen functional groups attached to an aromatic ring is 1. The molecule has 1 atom stereocenters. The number of aryl methyl sites for hydroxylation is 2. The van der Waals surface area contributed by atoms with E-state index in [9.17, 15) is 18.7 Å². The largest absolute Gasteiger partial charge is 0.383 e. The molecule has 34 heavy (non-hydrogen) atoms. The number of nitrogens with two attached hydrogens (primary N) is 1. The van der Waals surface area contributed by atoms with E-state index < -0.39 is 29.5 Å². The van der Waals surface area contributed by atoms with Crippen molar-refractivity contribution >= 4 is 28.4 Å². The number of nitrogens with zero attached hydrogens (tertiary/aromatic N) is 4. The summed E-state index contributed by atoms with van der Waals surface area (Å²) in [5.41, 5.74) is 7.88. The molecule has 1 amide bonds. The third kappa shape index (κ3) is 3.38. The number of halogens is 3. The smallest absolute Gasteiger partial charge is 0.260 e. The van der Waals surface area contributed by atoms with Crippen molar-refractivity contribution in [1.82, 2.24) is 14.5 Å². The number of aromatic nitrogens is 3. The van der Waals surface area contributed by atoms with Crippen LogP contribution in [-0.4, -0.2) is 32.1 Å². The SMILES string of the molecule is Cc1nc(N)c2c(-c3ccc4c(c3F)CCN4C(=O)[C@@H](O)c3cc(F)cc(F)c3)cn(C)c2n1. The Hall–Kier alpha value is -3.92. The molecule has 0 fully saturated rings. The van der Waals surface area contributed by atoms with Crippen molar-refractivity contribution in [3.05, 3.63) is 70.9 Å². The number of hydrogen-bond acceptors (Lipinski definition) is 5. The number of fused-ring (bicyclic) bond motifs is 2. The number of aliphatic hydroxyl groups excluding tert-OH is 1. The summed E-state index contributed by atoms with van der Waals surface area (Å²) in [5.74, 6) is -2.40. The highest BCUT2D eigenvalue weighted by molar-refractivity contribution is 6.02. The van der Waals surface area contributed by atoms with Crippen LogP contribution in [0.1, 0.15) is 23.1 Å². The summed E-state index contributed by atoms with van der Waals surface area (Å²) in [6.07, 6.45) is 0.137. The molecule has 0 spiro atoms. The van der Waals surface area contributed by atoms with Gasteiger partial charge in [-0.3, -0.25) is 4.79 Å². The first-order valence-corrected chi connectivity index (χ1v) is 10.5. The molecule has 2 aromatic heterocycles. The van der Waals surface area contributed by atoms with E-state index in [1.165, 1.54) is 11.0 Å². The first-order chi connectivity index (χ1) is 16.2. The van der Waals surface area contributed by atoms with E-state index in [1.54, 1.807) is 30.8 Å². The summed E-state index contributed by atoms with van der Waals surface area (Å²) >= 11 is 0. The first-order valence-electron chi connectivity index (χ1n) is 10.5. The van der Waals surface area contributed by atoms with Crippen molar-refractivity contribution in [2.75, 3.05) is 17.2 Å². The Labute approximate surface area is 192 Å². The molecule has 174 valence electrons. The summed E-state index contributed by atoms with van der Waals surface area (Å²) in [4.78, 5) is 22.7. The fourth-order valence-corrected chi connectivity index (χ4v) is 4.52. The minimum absolute atomic E-state index is 0.114. The van der Waals surface area contributed by atoms with Crippen LogP contribution in [0, 0.1) is 24.4 Å². The molecule has 1 aliphatic rings. The number of hydrogen-bond donors (Lipinski definition) is 2. The van der Waals surface area contributed by atoms with E-state index in [-0.39, 0.29) is 29.9 Å². The summed E-state index contributed by atoms with van der Waals surface area (Å²) < 4.78 is 44.5. The molecule has 0 saturated carbocycles. The molecule has 0 saturated heterocycles. The Morgan fingerprint density at radius 1 is 1.12 bits per heavy atom. The molecule has 3 heterocycles. The monoisotopic (exact) mass is 467 g/mol. The average molecular weight is 467 g/mol. The second-order valence-corrected chi connectivity index (χ2v) is 8.28. The van der Waals surface area contributed by atoms with Crippen LogP contribution in [0.3, 0.4) is 0 Å². The van der Waals surface area contributed by atoms with Crippen LogP contribution in [0.25, 0.3) is 22.2 Å². The normalized spacial score (nSPS) is 14.0. The molecule has 0 unspecified atom stereocenters. The van der Waals surface area contributed by atoms with Crippen LogP contribution in [0.2, 0.25) is 0 Å². The van der Waals surface area contributed by atoms with Gasteiger partial charge in [0.2, 0.25) is 0 Å². The molecule has 4 aromatic rings. The van der Waals surface area contributed by atoms with Gasteiger partial charge in [0.05, 0.1) is 5.39 Å².